The van der Waals surface area contributed by atoms with Crippen LogP contribution in [-0.4, -0.2) is 30.5 Å². The first-order valence-corrected chi connectivity index (χ1v) is 6.73. The molecule has 0 spiro atoms. The number of nitrogens with one attached hydrogen (secondary N) is 3. The number of hydrogen-bond acceptors (Lipinski definition) is 3. The van der Waals surface area contributed by atoms with Gasteiger partial charge in [-0.3, -0.25) is 4.79 Å². The van der Waals surface area contributed by atoms with Crippen molar-refractivity contribution < 1.29 is 22.8 Å². The first-order valence-electron chi connectivity index (χ1n) is 5.92. The molecule has 0 radical (unpaired) electrons. The van der Waals surface area contributed by atoms with Crippen molar-refractivity contribution in [3.8, 4) is 0 Å². The van der Waals surface area contributed by atoms with Crippen LogP contribution in [0.4, 0.5) is 23.7 Å². The fourth-order valence-corrected chi connectivity index (χ4v) is 1.99. The summed E-state index contributed by atoms with van der Waals surface area (Å²) in [6.45, 7) is 1.74. The summed E-state index contributed by atoms with van der Waals surface area (Å²) in [6.07, 6.45) is 0. The van der Waals surface area contributed by atoms with E-state index in [4.69, 9.17) is 0 Å². The molecule has 9 heteroatoms. The molecule has 0 aliphatic heterocycles. The molecule has 5 nitrogen and oxygen atoms in total. The Kier molecular flexibility index (Phi) is 6.35. The normalized spacial score (nSPS) is 10.9. The number of urea groups is 1. The summed E-state index contributed by atoms with van der Waals surface area (Å²) in [7, 11) is 0. The van der Waals surface area contributed by atoms with E-state index in [1.807, 2.05) is 0 Å². The fraction of sp³-hybridized carbons (Fsp3) is 0.333. The number of para-hydroxylation sites is 1. The molecule has 0 atom stereocenters. The summed E-state index contributed by atoms with van der Waals surface area (Å²) in [5.74, 6) is -0.232. The number of rotatable bonds is 5. The van der Waals surface area contributed by atoms with Gasteiger partial charge in [-0.2, -0.15) is 13.2 Å². The number of anilines is 1. The standard InChI is InChI=1S/C12H14F3N3O2S/c1-8(19)16-6-7-17-11(20)18-9-4-2-3-5-10(9)21-12(13,14)15/h2-5H,6-7H2,1H3,(H,16,19)(H2,17,18,20). The lowest BCUT2D eigenvalue weighted by Gasteiger charge is -2.12. The highest BCUT2D eigenvalue weighted by Crippen LogP contribution is 2.40. The number of carbonyl (C=O) groups is 2. The van der Waals surface area contributed by atoms with Crippen LogP contribution < -0.4 is 16.0 Å². The lowest BCUT2D eigenvalue weighted by molar-refractivity contribution is -0.118. The van der Waals surface area contributed by atoms with Gasteiger partial charge < -0.3 is 16.0 Å². The van der Waals surface area contributed by atoms with Gasteiger partial charge in [0.05, 0.1) is 5.69 Å². The van der Waals surface area contributed by atoms with Crippen LogP contribution in [0, 0.1) is 0 Å². The smallest absolute Gasteiger partial charge is 0.355 e. The van der Waals surface area contributed by atoms with Crippen LogP contribution in [0.5, 0.6) is 0 Å². The third-order valence-electron chi connectivity index (χ3n) is 2.15. The Balaban J connectivity index is 2.54. The molecule has 21 heavy (non-hydrogen) atoms. The number of amides is 3. The summed E-state index contributed by atoms with van der Waals surface area (Å²) in [6, 6.07) is 4.98. The van der Waals surface area contributed by atoms with E-state index >= 15 is 0 Å². The van der Waals surface area contributed by atoms with Gasteiger partial charge in [0.2, 0.25) is 5.91 Å². The second kappa shape index (κ2) is 7.77. The Morgan fingerprint density at radius 2 is 1.76 bits per heavy atom. The molecule has 1 rings (SSSR count). The van der Waals surface area contributed by atoms with Crippen molar-refractivity contribution in [2.24, 2.45) is 0 Å². The van der Waals surface area contributed by atoms with Gasteiger partial charge in [-0.25, -0.2) is 4.79 Å². The van der Waals surface area contributed by atoms with E-state index in [-0.39, 0.29) is 41.3 Å². The Bertz CT molecular complexity index is 509. The van der Waals surface area contributed by atoms with Crippen LogP contribution in [0.25, 0.3) is 0 Å². The molecule has 0 bridgehead atoms. The first-order chi connectivity index (χ1) is 9.78. The maximum Gasteiger partial charge on any atom is 0.446 e. The number of carbonyl (C=O) groups excluding carboxylic acids is 2. The Morgan fingerprint density at radius 3 is 2.38 bits per heavy atom. The van der Waals surface area contributed by atoms with Crippen LogP contribution in [0.1, 0.15) is 6.92 Å². The molecule has 0 fully saturated rings. The molecule has 0 saturated heterocycles. The number of benzene rings is 1. The van der Waals surface area contributed by atoms with Crippen molar-refractivity contribution >= 4 is 29.4 Å². The highest BCUT2D eigenvalue weighted by atomic mass is 32.2. The van der Waals surface area contributed by atoms with Gasteiger partial charge in [0.15, 0.2) is 0 Å². The summed E-state index contributed by atoms with van der Waals surface area (Å²) >= 11 is -0.298. The zero-order valence-electron chi connectivity index (χ0n) is 11.1. The monoisotopic (exact) mass is 321 g/mol. The minimum Gasteiger partial charge on any atom is -0.355 e. The van der Waals surface area contributed by atoms with Gasteiger partial charge in [0.1, 0.15) is 0 Å². The van der Waals surface area contributed by atoms with Crippen molar-refractivity contribution in [3.05, 3.63) is 24.3 Å². The van der Waals surface area contributed by atoms with Crippen molar-refractivity contribution in [2.45, 2.75) is 17.3 Å². The maximum atomic E-state index is 12.4. The first kappa shape index (κ1) is 17.2. The molecule has 0 aliphatic carbocycles. The Morgan fingerprint density at radius 1 is 1.14 bits per heavy atom. The summed E-state index contributed by atoms with van der Waals surface area (Å²) in [5, 5.41) is 7.23. The summed E-state index contributed by atoms with van der Waals surface area (Å²) in [4.78, 5) is 22.1. The van der Waals surface area contributed by atoms with E-state index in [2.05, 4.69) is 16.0 Å². The fourth-order valence-electron chi connectivity index (χ4n) is 1.36. The molecule has 0 unspecified atom stereocenters. The molecular formula is C12H14F3N3O2S. The Labute approximate surface area is 123 Å². The van der Waals surface area contributed by atoms with Crippen LogP contribution in [0.3, 0.4) is 0 Å². The van der Waals surface area contributed by atoms with Gasteiger partial charge in [-0.15, -0.1) is 0 Å². The molecule has 116 valence electrons. The average molecular weight is 321 g/mol. The van der Waals surface area contributed by atoms with Crippen molar-refractivity contribution in [3.63, 3.8) is 0 Å². The molecule has 0 heterocycles. The van der Waals surface area contributed by atoms with Crippen LogP contribution in [0.2, 0.25) is 0 Å². The zero-order chi connectivity index (χ0) is 15.9. The average Bonchev–Trinajstić information content (AvgIpc) is 2.35. The number of alkyl halides is 3. The molecule has 3 amide bonds. The Hall–Kier alpha value is -1.90. The predicted molar refractivity (Wildman–Crippen MR) is 74.1 cm³/mol. The topological polar surface area (TPSA) is 70.2 Å². The quantitative estimate of drug-likeness (QED) is 0.576. The van der Waals surface area contributed by atoms with Gasteiger partial charge in [0, 0.05) is 24.9 Å². The second-order valence-corrected chi connectivity index (χ2v) is 5.01. The third kappa shape index (κ3) is 7.45. The van der Waals surface area contributed by atoms with E-state index in [0.29, 0.717) is 0 Å². The third-order valence-corrected chi connectivity index (χ3v) is 2.95. The van der Waals surface area contributed by atoms with E-state index in [1.54, 1.807) is 0 Å². The van der Waals surface area contributed by atoms with E-state index in [9.17, 15) is 22.8 Å². The number of hydrogen-bond donors (Lipinski definition) is 3. The molecule has 0 saturated carbocycles. The molecule has 0 aliphatic rings. The molecular weight excluding hydrogens is 307 g/mol. The molecule has 0 aromatic heterocycles. The second-order valence-electron chi connectivity index (χ2n) is 3.91. The van der Waals surface area contributed by atoms with Gasteiger partial charge >= 0.3 is 11.5 Å². The van der Waals surface area contributed by atoms with Crippen molar-refractivity contribution in [2.75, 3.05) is 18.4 Å². The number of thioether (sulfide) groups is 1. The summed E-state index contributed by atoms with van der Waals surface area (Å²) in [5.41, 5.74) is -4.36. The lowest BCUT2D eigenvalue weighted by Crippen LogP contribution is -2.36. The largest absolute Gasteiger partial charge is 0.446 e. The van der Waals surface area contributed by atoms with Gasteiger partial charge in [-0.05, 0) is 23.9 Å². The van der Waals surface area contributed by atoms with Crippen LogP contribution in [0.15, 0.2) is 29.2 Å². The molecule has 1 aromatic carbocycles. The number of halogens is 3. The van der Waals surface area contributed by atoms with Crippen LogP contribution >= 0.6 is 11.8 Å². The van der Waals surface area contributed by atoms with Crippen molar-refractivity contribution in [1.29, 1.82) is 0 Å². The summed E-state index contributed by atoms with van der Waals surface area (Å²) < 4.78 is 37.1. The highest BCUT2D eigenvalue weighted by Gasteiger charge is 2.30. The van der Waals surface area contributed by atoms with Gasteiger partial charge in [-0.1, -0.05) is 12.1 Å². The zero-order valence-corrected chi connectivity index (χ0v) is 11.9. The minimum atomic E-state index is -4.43. The van der Waals surface area contributed by atoms with E-state index in [1.165, 1.54) is 31.2 Å². The van der Waals surface area contributed by atoms with Crippen molar-refractivity contribution in [1.82, 2.24) is 10.6 Å². The maximum absolute atomic E-state index is 12.4. The highest BCUT2D eigenvalue weighted by molar-refractivity contribution is 8.00. The van der Waals surface area contributed by atoms with E-state index in [0.717, 1.165) is 0 Å². The molecule has 1 aromatic rings. The van der Waals surface area contributed by atoms with Gasteiger partial charge in [0.25, 0.3) is 0 Å². The predicted octanol–water partition coefficient (Wildman–Crippen LogP) is 2.56. The van der Waals surface area contributed by atoms with Crippen LogP contribution in [-0.2, 0) is 4.79 Å². The minimum absolute atomic E-state index is 0.0665. The van der Waals surface area contributed by atoms with E-state index < -0.39 is 11.5 Å². The molecule has 3 N–H and O–H groups in total. The SMILES string of the molecule is CC(=O)NCCNC(=O)Nc1ccccc1SC(F)(F)F. The lowest BCUT2D eigenvalue weighted by atomic mass is 10.3.